The number of carbonyl (C=O) groups excluding carboxylic acids is 1. The minimum Gasteiger partial charge on any atom is -0.341 e. The van der Waals surface area contributed by atoms with Gasteiger partial charge in [-0.1, -0.05) is 0 Å². The lowest BCUT2D eigenvalue weighted by atomic mass is 9.98. The van der Waals surface area contributed by atoms with E-state index in [4.69, 9.17) is 5.26 Å². The first-order valence-electron chi connectivity index (χ1n) is 6.21. The number of nitrogens with zero attached hydrogens (tertiary/aromatic N) is 2. The normalized spacial score (nSPS) is 19.3. The molecule has 0 N–H and O–H groups in total. The Morgan fingerprint density at radius 1 is 1.42 bits per heavy atom. The van der Waals surface area contributed by atoms with Crippen LogP contribution in [0.5, 0.6) is 0 Å². The second-order valence-corrected chi connectivity index (χ2v) is 4.69. The Hall–Kier alpha value is -1.96. The highest BCUT2D eigenvalue weighted by atomic mass is 19.1. The van der Waals surface area contributed by atoms with E-state index in [1.165, 1.54) is 0 Å². The van der Waals surface area contributed by atoms with E-state index >= 15 is 0 Å². The average molecular weight is 264 g/mol. The molecule has 0 saturated carbocycles. The number of rotatable bonds is 3. The number of nitriles is 1. The van der Waals surface area contributed by atoms with Crippen molar-refractivity contribution in [2.75, 3.05) is 13.1 Å². The average Bonchev–Trinajstić information content (AvgIpc) is 2.41. The second-order valence-electron chi connectivity index (χ2n) is 4.69. The van der Waals surface area contributed by atoms with Crippen LogP contribution in [0.3, 0.4) is 0 Å². The van der Waals surface area contributed by atoms with Gasteiger partial charge in [-0.25, -0.2) is 8.78 Å². The van der Waals surface area contributed by atoms with Crippen LogP contribution in [0.4, 0.5) is 8.78 Å². The number of halogens is 2. The lowest BCUT2D eigenvalue weighted by Gasteiger charge is -2.29. The molecular formula is C14H14F2N2O. The number of amides is 1. The minimum absolute atomic E-state index is 0.0247. The lowest BCUT2D eigenvalue weighted by Crippen LogP contribution is -2.40. The van der Waals surface area contributed by atoms with Crippen molar-refractivity contribution in [1.82, 2.24) is 4.90 Å². The molecule has 1 saturated heterocycles. The molecule has 0 bridgehead atoms. The molecule has 2 rings (SSSR count). The van der Waals surface area contributed by atoms with E-state index < -0.39 is 11.6 Å². The second kappa shape index (κ2) is 5.79. The molecule has 0 aromatic heterocycles. The van der Waals surface area contributed by atoms with Gasteiger partial charge in [0.05, 0.1) is 12.0 Å². The predicted molar refractivity (Wildman–Crippen MR) is 65.0 cm³/mol. The summed E-state index contributed by atoms with van der Waals surface area (Å²) in [6, 6.07) is 5.44. The van der Waals surface area contributed by atoms with E-state index in [-0.39, 0.29) is 23.8 Å². The maximum atomic E-state index is 13.4. The minimum atomic E-state index is -0.490. The van der Waals surface area contributed by atoms with Crippen LogP contribution in [0, 0.1) is 28.9 Å². The number of likely N-dealkylation sites (tertiary alicyclic amines) is 1. The summed E-state index contributed by atoms with van der Waals surface area (Å²) in [6.45, 7) is 0.698. The van der Waals surface area contributed by atoms with Crippen molar-refractivity contribution in [2.45, 2.75) is 19.3 Å². The van der Waals surface area contributed by atoms with Crippen molar-refractivity contribution < 1.29 is 13.6 Å². The zero-order valence-corrected chi connectivity index (χ0v) is 10.4. The van der Waals surface area contributed by atoms with Crippen LogP contribution in [0.1, 0.15) is 18.4 Å². The van der Waals surface area contributed by atoms with E-state index in [9.17, 15) is 13.6 Å². The van der Waals surface area contributed by atoms with Gasteiger partial charge in [0.1, 0.15) is 11.6 Å². The van der Waals surface area contributed by atoms with Gasteiger partial charge in [-0.05, 0) is 36.6 Å². The quantitative estimate of drug-likeness (QED) is 0.840. The highest BCUT2D eigenvalue weighted by Crippen LogP contribution is 2.18. The van der Waals surface area contributed by atoms with Gasteiger partial charge >= 0.3 is 0 Å². The van der Waals surface area contributed by atoms with Crippen LogP contribution in [-0.2, 0) is 11.2 Å². The van der Waals surface area contributed by atoms with Crippen LogP contribution in [-0.4, -0.2) is 23.9 Å². The number of hydrogen-bond donors (Lipinski definition) is 0. The summed E-state index contributed by atoms with van der Waals surface area (Å²) in [7, 11) is 0. The standard InChI is InChI=1S/C14H14F2N2O/c15-12-2-3-13(16)11(7-12)5-6-18-9-10(8-17)1-4-14(18)19/h2-3,7,10H,1,4-6,9H2. The predicted octanol–water partition coefficient (Wildman–Crippen LogP) is 2.27. The zero-order valence-electron chi connectivity index (χ0n) is 10.4. The molecule has 1 fully saturated rings. The van der Waals surface area contributed by atoms with Gasteiger partial charge in [0, 0.05) is 19.5 Å². The molecule has 0 radical (unpaired) electrons. The largest absolute Gasteiger partial charge is 0.341 e. The summed E-state index contributed by atoms with van der Waals surface area (Å²) in [5.41, 5.74) is 0.256. The molecule has 5 heteroatoms. The first-order valence-corrected chi connectivity index (χ1v) is 6.21. The molecule has 1 heterocycles. The van der Waals surface area contributed by atoms with Crippen LogP contribution in [0.2, 0.25) is 0 Å². The molecule has 1 unspecified atom stereocenters. The highest BCUT2D eigenvalue weighted by Gasteiger charge is 2.25. The molecule has 1 amide bonds. The van der Waals surface area contributed by atoms with Crippen LogP contribution in [0.25, 0.3) is 0 Å². The fourth-order valence-corrected chi connectivity index (χ4v) is 2.23. The third-order valence-electron chi connectivity index (χ3n) is 3.34. The molecule has 1 aromatic carbocycles. The van der Waals surface area contributed by atoms with E-state index in [1.54, 1.807) is 4.90 Å². The summed E-state index contributed by atoms with van der Waals surface area (Å²) in [5.74, 6) is -1.14. The van der Waals surface area contributed by atoms with Crippen molar-refractivity contribution in [3.8, 4) is 6.07 Å². The van der Waals surface area contributed by atoms with Crippen molar-refractivity contribution in [2.24, 2.45) is 5.92 Å². The van der Waals surface area contributed by atoms with E-state index in [0.29, 0.717) is 25.9 Å². The van der Waals surface area contributed by atoms with Gasteiger partial charge in [-0.15, -0.1) is 0 Å². The summed E-state index contributed by atoms with van der Waals surface area (Å²) in [4.78, 5) is 13.2. The maximum Gasteiger partial charge on any atom is 0.222 e. The fourth-order valence-electron chi connectivity index (χ4n) is 2.23. The smallest absolute Gasteiger partial charge is 0.222 e. The number of carbonyl (C=O) groups is 1. The summed E-state index contributed by atoms with van der Waals surface area (Å²) >= 11 is 0. The Kier molecular flexibility index (Phi) is 4.10. The van der Waals surface area contributed by atoms with E-state index in [2.05, 4.69) is 6.07 Å². The summed E-state index contributed by atoms with van der Waals surface area (Å²) in [5, 5.41) is 8.86. The molecule has 100 valence electrons. The number of piperidine rings is 1. The van der Waals surface area contributed by atoms with Crippen LogP contribution < -0.4 is 0 Å². The van der Waals surface area contributed by atoms with Crippen molar-refractivity contribution in [1.29, 1.82) is 5.26 Å². The Morgan fingerprint density at radius 2 is 2.21 bits per heavy atom. The fraction of sp³-hybridized carbons (Fsp3) is 0.429. The van der Waals surface area contributed by atoms with Gasteiger partial charge in [-0.3, -0.25) is 4.79 Å². The SMILES string of the molecule is N#CC1CCC(=O)N(CCc2cc(F)ccc2F)C1. The van der Waals surface area contributed by atoms with Gasteiger partial charge < -0.3 is 4.90 Å². The molecule has 1 aliphatic heterocycles. The Labute approximate surface area is 110 Å². The Morgan fingerprint density at radius 3 is 2.95 bits per heavy atom. The molecular weight excluding hydrogens is 250 g/mol. The molecule has 0 spiro atoms. The molecule has 1 aromatic rings. The number of benzene rings is 1. The van der Waals surface area contributed by atoms with E-state index in [0.717, 1.165) is 18.2 Å². The monoisotopic (exact) mass is 264 g/mol. The summed E-state index contributed by atoms with van der Waals surface area (Å²) in [6.07, 6.45) is 1.19. The van der Waals surface area contributed by atoms with Gasteiger partial charge in [0.2, 0.25) is 5.91 Å². The van der Waals surface area contributed by atoms with Crippen LogP contribution in [0.15, 0.2) is 18.2 Å². The lowest BCUT2D eigenvalue weighted by molar-refractivity contribution is -0.134. The third-order valence-corrected chi connectivity index (χ3v) is 3.34. The number of hydrogen-bond acceptors (Lipinski definition) is 2. The van der Waals surface area contributed by atoms with Crippen molar-refractivity contribution >= 4 is 5.91 Å². The Bertz CT molecular complexity index is 525. The molecule has 1 atom stereocenters. The Balaban J connectivity index is 1.99. The topological polar surface area (TPSA) is 44.1 Å². The van der Waals surface area contributed by atoms with Gasteiger partial charge in [0.25, 0.3) is 0 Å². The first kappa shape index (κ1) is 13.5. The molecule has 0 aliphatic carbocycles. The van der Waals surface area contributed by atoms with Crippen LogP contribution >= 0.6 is 0 Å². The van der Waals surface area contributed by atoms with Gasteiger partial charge in [-0.2, -0.15) is 5.26 Å². The zero-order chi connectivity index (χ0) is 13.8. The maximum absolute atomic E-state index is 13.4. The molecule has 19 heavy (non-hydrogen) atoms. The van der Waals surface area contributed by atoms with Gasteiger partial charge in [0.15, 0.2) is 0 Å². The van der Waals surface area contributed by atoms with Crippen molar-refractivity contribution in [3.05, 3.63) is 35.4 Å². The highest BCUT2D eigenvalue weighted by molar-refractivity contribution is 5.77. The summed E-state index contributed by atoms with van der Waals surface area (Å²) < 4.78 is 26.5. The molecule has 1 aliphatic rings. The van der Waals surface area contributed by atoms with E-state index in [1.807, 2.05) is 0 Å². The molecule has 3 nitrogen and oxygen atoms in total. The van der Waals surface area contributed by atoms with Crippen molar-refractivity contribution in [3.63, 3.8) is 0 Å². The first-order chi connectivity index (χ1) is 9.10. The third kappa shape index (κ3) is 3.28.